The van der Waals surface area contributed by atoms with Crippen LogP contribution in [0.4, 0.5) is 0 Å². The van der Waals surface area contributed by atoms with Gasteiger partial charge in [0, 0.05) is 6.42 Å². The normalized spacial score (nSPS) is 27.7. The number of ether oxygens (including phenoxy) is 1. The van der Waals surface area contributed by atoms with Gasteiger partial charge in [-0.3, -0.25) is 4.79 Å². The van der Waals surface area contributed by atoms with Crippen LogP contribution >= 0.6 is 0 Å². The molecule has 0 aromatic carbocycles. The standard InChI is InChI=1S/C27H50O3/c1-4-5-6-7-8-9-10-11-12-13-26(29)30-25-20-16-23(17-21-25)27(2,3)22-14-18-24(28)19-15-22/h22-25,28H,4-21H2,1-3H3. The zero-order valence-electron chi connectivity index (χ0n) is 20.3. The van der Waals surface area contributed by atoms with Crippen molar-refractivity contribution < 1.29 is 14.6 Å². The van der Waals surface area contributed by atoms with Gasteiger partial charge >= 0.3 is 5.97 Å². The molecule has 0 unspecified atom stereocenters. The lowest BCUT2D eigenvalue weighted by atomic mass is 9.60. The zero-order valence-corrected chi connectivity index (χ0v) is 20.3. The molecule has 0 heterocycles. The second-order valence-corrected chi connectivity index (χ2v) is 10.9. The molecular formula is C27H50O3. The molecule has 0 radical (unpaired) electrons. The molecule has 176 valence electrons. The minimum Gasteiger partial charge on any atom is -0.462 e. The minimum absolute atomic E-state index is 0.0296. The van der Waals surface area contributed by atoms with Crippen molar-refractivity contribution in [3.63, 3.8) is 0 Å². The number of carbonyl (C=O) groups is 1. The fourth-order valence-electron chi connectivity index (χ4n) is 5.90. The lowest BCUT2D eigenvalue weighted by molar-refractivity contribution is -0.151. The van der Waals surface area contributed by atoms with Gasteiger partial charge in [-0.25, -0.2) is 0 Å². The summed E-state index contributed by atoms with van der Waals surface area (Å²) in [6, 6.07) is 0. The summed E-state index contributed by atoms with van der Waals surface area (Å²) in [6.07, 6.45) is 20.9. The van der Waals surface area contributed by atoms with Gasteiger partial charge in [-0.15, -0.1) is 0 Å². The first-order chi connectivity index (χ1) is 14.4. The Bertz CT molecular complexity index is 457. The lowest BCUT2D eigenvalue weighted by Gasteiger charge is -2.46. The van der Waals surface area contributed by atoms with Gasteiger partial charge in [0.15, 0.2) is 0 Å². The molecule has 2 aliphatic carbocycles. The highest BCUT2D eigenvalue weighted by atomic mass is 16.5. The third kappa shape index (κ3) is 8.89. The van der Waals surface area contributed by atoms with E-state index in [0.29, 0.717) is 11.8 Å². The second kappa shape index (κ2) is 13.8. The van der Waals surface area contributed by atoms with Crippen LogP contribution in [-0.4, -0.2) is 23.3 Å². The van der Waals surface area contributed by atoms with Crippen LogP contribution in [0.3, 0.4) is 0 Å². The molecule has 0 bridgehead atoms. The number of aliphatic hydroxyl groups is 1. The molecule has 0 saturated heterocycles. The van der Waals surface area contributed by atoms with E-state index in [1.54, 1.807) is 0 Å². The van der Waals surface area contributed by atoms with Crippen LogP contribution in [0, 0.1) is 17.3 Å². The SMILES string of the molecule is CCCCCCCCCCCC(=O)OC1CCC(C(C)(C)C2CCC(O)CC2)CC1. The topological polar surface area (TPSA) is 46.5 Å². The lowest BCUT2D eigenvalue weighted by Crippen LogP contribution is -2.39. The van der Waals surface area contributed by atoms with Gasteiger partial charge in [0.1, 0.15) is 6.10 Å². The van der Waals surface area contributed by atoms with Crippen molar-refractivity contribution in [3.05, 3.63) is 0 Å². The molecule has 0 aliphatic heterocycles. The summed E-state index contributed by atoms with van der Waals surface area (Å²) in [5.74, 6) is 1.49. The minimum atomic E-state index is -0.0713. The summed E-state index contributed by atoms with van der Waals surface area (Å²) < 4.78 is 5.81. The molecule has 0 spiro atoms. The summed E-state index contributed by atoms with van der Waals surface area (Å²) in [6.45, 7) is 7.14. The predicted molar refractivity (Wildman–Crippen MR) is 125 cm³/mol. The number of rotatable bonds is 13. The highest BCUT2D eigenvalue weighted by molar-refractivity contribution is 5.69. The Labute approximate surface area is 186 Å². The predicted octanol–water partition coefficient (Wildman–Crippen LogP) is 7.59. The Morgan fingerprint density at radius 3 is 1.77 bits per heavy atom. The van der Waals surface area contributed by atoms with Crippen molar-refractivity contribution in [2.24, 2.45) is 17.3 Å². The van der Waals surface area contributed by atoms with Crippen molar-refractivity contribution >= 4 is 5.97 Å². The molecule has 30 heavy (non-hydrogen) atoms. The van der Waals surface area contributed by atoms with Crippen LogP contribution in [0.5, 0.6) is 0 Å². The molecule has 2 fully saturated rings. The molecule has 0 atom stereocenters. The van der Waals surface area contributed by atoms with Crippen LogP contribution in [-0.2, 0) is 9.53 Å². The monoisotopic (exact) mass is 422 g/mol. The average molecular weight is 423 g/mol. The summed E-state index contributed by atoms with van der Waals surface area (Å²) >= 11 is 0. The van der Waals surface area contributed by atoms with E-state index in [4.69, 9.17) is 4.74 Å². The quantitative estimate of drug-likeness (QED) is 0.246. The molecule has 0 amide bonds. The Morgan fingerprint density at radius 2 is 1.23 bits per heavy atom. The maximum Gasteiger partial charge on any atom is 0.306 e. The van der Waals surface area contributed by atoms with Crippen LogP contribution < -0.4 is 0 Å². The van der Waals surface area contributed by atoms with Crippen molar-refractivity contribution in [1.29, 1.82) is 0 Å². The number of aliphatic hydroxyl groups excluding tert-OH is 1. The first-order valence-corrected chi connectivity index (χ1v) is 13.3. The van der Waals surface area contributed by atoms with Gasteiger partial charge in [0.05, 0.1) is 6.10 Å². The van der Waals surface area contributed by atoms with Crippen molar-refractivity contribution in [1.82, 2.24) is 0 Å². The van der Waals surface area contributed by atoms with Crippen LogP contribution in [0.15, 0.2) is 0 Å². The van der Waals surface area contributed by atoms with E-state index in [9.17, 15) is 9.90 Å². The van der Waals surface area contributed by atoms with Gasteiger partial charge in [-0.05, 0) is 75.0 Å². The number of hydrogen-bond acceptors (Lipinski definition) is 3. The van der Waals surface area contributed by atoms with E-state index in [0.717, 1.165) is 43.9 Å². The van der Waals surface area contributed by atoms with Gasteiger partial charge in [-0.1, -0.05) is 72.1 Å². The third-order valence-electron chi connectivity index (χ3n) is 8.26. The Morgan fingerprint density at radius 1 is 0.767 bits per heavy atom. The summed E-state index contributed by atoms with van der Waals surface area (Å²) in [7, 11) is 0. The molecular weight excluding hydrogens is 372 g/mol. The maximum atomic E-state index is 12.2. The molecule has 2 aliphatic rings. The van der Waals surface area contributed by atoms with Gasteiger partial charge in [0.2, 0.25) is 0 Å². The Kier molecular flexibility index (Phi) is 11.8. The molecule has 2 saturated carbocycles. The van der Waals surface area contributed by atoms with Crippen LogP contribution in [0.25, 0.3) is 0 Å². The Hall–Kier alpha value is -0.570. The third-order valence-corrected chi connectivity index (χ3v) is 8.26. The molecule has 0 aromatic heterocycles. The molecule has 0 aromatic rings. The number of esters is 1. The van der Waals surface area contributed by atoms with Gasteiger partial charge in [-0.2, -0.15) is 0 Å². The van der Waals surface area contributed by atoms with Crippen molar-refractivity contribution in [2.45, 2.75) is 149 Å². The fraction of sp³-hybridized carbons (Fsp3) is 0.963. The molecule has 1 N–H and O–H groups in total. The zero-order chi connectivity index (χ0) is 21.8. The number of hydrogen-bond donors (Lipinski definition) is 1. The first kappa shape index (κ1) is 25.7. The van der Waals surface area contributed by atoms with E-state index in [-0.39, 0.29) is 18.2 Å². The van der Waals surface area contributed by atoms with Crippen LogP contribution in [0.1, 0.15) is 136 Å². The Balaban J connectivity index is 1.54. The fourth-order valence-corrected chi connectivity index (χ4v) is 5.90. The van der Waals surface area contributed by atoms with E-state index in [1.165, 1.54) is 77.0 Å². The van der Waals surface area contributed by atoms with E-state index >= 15 is 0 Å². The second-order valence-electron chi connectivity index (χ2n) is 10.9. The van der Waals surface area contributed by atoms with E-state index in [1.807, 2.05) is 0 Å². The summed E-state index contributed by atoms with van der Waals surface area (Å²) in [4.78, 5) is 12.2. The smallest absolute Gasteiger partial charge is 0.306 e. The highest BCUT2D eigenvalue weighted by Gasteiger charge is 2.40. The highest BCUT2D eigenvalue weighted by Crippen LogP contribution is 2.48. The maximum absolute atomic E-state index is 12.2. The molecule has 3 heteroatoms. The molecule has 3 nitrogen and oxygen atoms in total. The van der Waals surface area contributed by atoms with Gasteiger partial charge < -0.3 is 9.84 Å². The summed E-state index contributed by atoms with van der Waals surface area (Å²) in [5.41, 5.74) is 0.339. The molecule has 2 rings (SSSR count). The summed E-state index contributed by atoms with van der Waals surface area (Å²) in [5, 5.41) is 9.82. The van der Waals surface area contributed by atoms with Crippen molar-refractivity contribution in [3.8, 4) is 0 Å². The average Bonchev–Trinajstić information content (AvgIpc) is 2.73. The number of unbranched alkanes of at least 4 members (excludes halogenated alkanes) is 8. The largest absolute Gasteiger partial charge is 0.462 e. The first-order valence-electron chi connectivity index (χ1n) is 13.3. The van der Waals surface area contributed by atoms with Crippen molar-refractivity contribution in [2.75, 3.05) is 0 Å². The van der Waals surface area contributed by atoms with Crippen LogP contribution in [0.2, 0.25) is 0 Å². The number of carbonyl (C=O) groups excluding carboxylic acids is 1. The van der Waals surface area contributed by atoms with E-state index < -0.39 is 0 Å². The van der Waals surface area contributed by atoms with Gasteiger partial charge in [0.25, 0.3) is 0 Å². The van der Waals surface area contributed by atoms with E-state index in [2.05, 4.69) is 20.8 Å².